The van der Waals surface area contributed by atoms with Crippen molar-refractivity contribution in [2.45, 2.75) is 32.3 Å². The standard InChI is InChI=1S/C17H22N2O4/c1-17(2)10-12-4-3-5-13(16(12)23-17)22-11-15(21)19-8-6-14(20)18-7-9-19/h3-5H,6-11H2,1-2H3,(H,18,20). The quantitative estimate of drug-likeness (QED) is 0.907. The Balaban J connectivity index is 1.62. The maximum atomic E-state index is 12.3. The molecule has 0 unspecified atom stereocenters. The van der Waals surface area contributed by atoms with E-state index in [0.717, 1.165) is 17.7 Å². The van der Waals surface area contributed by atoms with E-state index in [2.05, 4.69) is 5.32 Å². The molecule has 6 heteroatoms. The van der Waals surface area contributed by atoms with Crippen molar-refractivity contribution in [2.24, 2.45) is 0 Å². The molecule has 0 saturated carbocycles. The number of carbonyl (C=O) groups excluding carboxylic acids is 2. The molecule has 23 heavy (non-hydrogen) atoms. The molecule has 1 saturated heterocycles. The van der Waals surface area contributed by atoms with E-state index < -0.39 is 0 Å². The summed E-state index contributed by atoms with van der Waals surface area (Å²) in [6.45, 7) is 5.46. The van der Waals surface area contributed by atoms with Crippen molar-refractivity contribution in [3.05, 3.63) is 23.8 Å². The molecule has 2 aliphatic rings. The van der Waals surface area contributed by atoms with Crippen LogP contribution in [0.5, 0.6) is 11.5 Å². The van der Waals surface area contributed by atoms with Gasteiger partial charge in [0.15, 0.2) is 18.1 Å². The van der Waals surface area contributed by atoms with Gasteiger partial charge in [0.1, 0.15) is 5.60 Å². The van der Waals surface area contributed by atoms with Gasteiger partial charge in [-0.05, 0) is 19.9 Å². The Kier molecular flexibility index (Phi) is 4.15. The van der Waals surface area contributed by atoms with Gasteiger partial charge in [0, 0.05) is 38.0 Å². The van der Waals surface area contributed by atoms with E-state index in [0.29, 0.717) is 31.8 Å². The molecule has 0 bridgehead atoms. The first-order valence-corrected chi connectivity index (χ1v) is 7.93. The van der Waals surface area contributed by atoms with Gasteiger partial charge in [-0.2, -0.15) is 0 Å². The van der Waals surface area contributed by atoms with Crippen LogP contribution in [0.3, 0.4) is 0 Å². The van der Waals surface area contributed by atoms with Crippen molar-refractivity contribution in [1.29, 1.82) is 0 Å². The number of hydrogen-bond donors (Lipinski definition) is 1. The first-order valence-electron chi connectivity index (χ1n) is 7.93. The first-order chi connectivity index (χ1) is 10.9. The van der Waals surface area contributed by atoms with Crippen molar-refractivity contribution in [1.82, 2.24) is 10.2 Å². The number of rotatable bonds is 3. The van der Waals surface area contributed by atoms with Crippen LogP contribution in [-0.2, 0) is 16.0 Å². The smallest absolute Gasteiger partial charge is 0.260 e. The van der Waals surface area contributed by atoms with Crippen LogP contribution in [0.1, 0.15) is 25.8 Å². The van der Waals surface area contributed by atoms with Crippen LogP contribution in [0.15, 0.2) is 18.2 Å². The topological polar surface area (TPSA) is 67.9 Å². The van der Waals surface area contributed by atoms with Crippen LogP contribution < -0.4 is 14.8 Å². The molecule has 0 aromatic heterocycles. The molecule has 6 nitrogen and oxygen atoms in total. The fourth-order valence-electron chi connectivity index (χ4n) is 2.95. The lowest BCUT2D eigenvalue weighted by molar-refractivity contribution is -0.133. The summed E-state index contributed by atoms with van der Waals surface area (Å²) in [4.78, 5) is 25.3. The molecule has 3 rings (SSSR count). The maximum absolute atomic E-state index is 12.3. The van der Waals surface area contributed by atoms with E-state index in [9.17, 15) is 9.59 Å². The fourth-order valence-corrected chi connectivity index (χ4v) is 2.95. The maximum Gasteiger partial charge on any atom is 0.260 e. The average Bonchev–Trinajstić information content (AvgIpc) is 2.66. The molecule has 0 atom stereocenters. The minimum atomic E-state index is -0.247. The second kappa shape index (κ2) is 6.10. The molecule has 1 aromatic carbocycles. The number of nitrogens with zero attached hydrogens (tertiary/aromatic N) is 1. The highest BCUT2D eigenvalue weighted by Gasteiger charge is 2.32. The van der Waals surface area contributed by atoms with E-state index in [1.807, 2.05) is 32.0 Å². The molecule has 1 fully saturated rings. The number of carbonyl (C=O) groups is 2. The van der Waals surface area contributed by atoms with E-state index >= 15 is 0 Å². The predicted molar refractivity (Wildman–Crippen MR) is 84.6 cm³/mol. The number of hydrogen-bond acceptors (Lipinski definition) is 4. The number of benzene rings is 1. The Bertz CT molecular complexity index is 627. The van der Waals surface area contributed by atoms with Gasteiger partial charge in [-0.25, -0.2) is 0 Å². The molecule has 0 radical (unpaired) electrons. The van der Waals surface area contributed by atoms with E-state index in [1.165, 1.54) is 0 Å². The third-order valence-electron chi connectivity index (χ3n) is 4.07. The first kappa shape index (κ1) is 15.6. The van der Waals surface area contributed by atoms with Crippen LogP contribution in [0.2, 0.25) is 0 Å². The molecule has 1 aromatic rings. The molecule has 1 N–H and O–H groups in total. The molecule has 2 amide bonds. The summed E-state index contributed by atoms with van der Waals surface area (Å²) >= 11 is 0. The number of amides is 2. The Hall–Kier alpha value is -2.24. The van der Waals surface area contributed by atoms with Gasteiger partial charge in [-0.15, -0.1) is 0 Å². The van der Waals surface area contributed by atoms with Crippen LogP contribution >= 0.6 is 0 Å². The number of ether oxygens (including phenoxy) is 2. The third kappa shape index (κ3) is 3.57. The molecule has 124 valence electrons. The molecule has 2 aliphatic heterocycles. The van der Waals surface area contributed by atoms with Crippen molar-refractivity contribution < 1.29 is 19.1 Å². The number of nitrogens with one attached hydrogen (secondary N) is 1. The van der Waals surface area contributed by atoms with Crippen LogP contribution in [0.25, 0.3) is 0 Å². The normalized spacial score (nSPS) is 19.4. The Labute approximate surface area is 135 Å². The highest BCUT2D eigenvalue weighted by molar-refractivity contribution is 5.81. The van der Waals surface area contributed by atoms with Gasteiger partial charge in [0.2, 0.25) is 5.91 Å². The van der Waals surface area contributed by atoms with Gasteiger partial charge in [-0.1, -0.05) is 12.1 Å². The minimum Gasteiger partial charge on any atom is -0.483 e. The zero-order chi connectivity index (χ0) is 16.4. The number of fused-ring (bicyclic) bond motifs is 1. The molecular weight excluding hydrogens is 296 g/mol. The summed E-state index contributed by atoms with van der Waals surface area (Å²) < 4.78 is 11.6. The fraction of sp³-hybridized carbons (Fsp3) is 0.529. The summed E-state index contributed by atoms with van der Waals surface area (Å²) in [6.07, 6.45) is 1.16. The summed E-state index contributed by atoms with van der Waals surface area (Å²) in [6, 6.07) is 5.75. The largest absolute Gasteiger partial charge is 0.483 e. The molecular formula is C17H22N2O4. The van der Waals surface area contributed by atoms with Gasteiger partial charge >= 0.3 is 0 Å². The minimum absolute atomic E-state index is 0.0160. The lowest BCUT2D eigenvalue weighted by Crippen LogP contribution is -2.37. The Morgan fingerprint density at radius 1 is 1.39 bits per heavy atom. The second-order valence-electron chi connectivity index (χ2n) is 6.55. The summed E-state index contributed by atoms with van der Waals surface area (Å²) in [5.74, 6) is 1.21. The third-order valence-corrected chi connectivity index (χ3v) is 4.07. The predicted octanol–water partition coefficient (Wildman–Crippen LogP) is 1.13. The van der Waals surface area contributed by atoms with Gasteiger partial charge < -0.3 is 19.7 Å². The van der Waals surface area contributed by atoms with E-state index in [4.69, 9.17) is 9.47 Å². The second-order valence-corrected chi connectivity index (χ2v) is 6.55. The Morgan fingerprint density at radius 3 is 3.04 bits per heavy atom. The van der Waals surface area contributed by atoms with Crippen molar-refractivity contribution in [3.63, 3.8) is 0 Å². The summed E-state index contributed by atoms with van der Waals surface area (Å²) in [5.41, 5.74) is 0.854. The van der Waals surface area contributed by atoms with Crippen molar-refractivity contribution in [3.8, 4) is 11.5 Å². The van der Waals surface area contributed by atoms with Crippen LogP contribution in [0.4, 0.5) is 0 Å². The molecule has 2 heterocycles. The molecule has 0 spiro atoms. The van der Waals surface area contributed by atoms with Gasteiger partial charge in [-0.3, -0.25) is 9.59 Å². The van der Waals surface area contributed by atoms with E-state index in [1.54, 1.807) is 4.90 Å². The van der Waals surface area contributed by atoms with Gasteiger partial charge in [0.25, 0.3) is 5.91 Å². The summed E-state index contributed by atoms with van der Waals surface area (Å²) in [7, 11) is 0. The highest BCUT2D eigenvalue weighted by atomic mass is 16.5. The zero-order valence-electron chi connectivity index (χ0n) is 13.6. The SMILES string of the molecule is CC1(C)Cc2cccc(OCC(=O)N3CCNC(=O)CC3)c2O1. The van der Waals surface area contributed by atoms with Crippen molar-refractivity contribution in [2.75, 3.05) is 26.2 Å². The number of para-hydroxylation sites is 1. The van der Waals surface area contributed by atoms with E-state index in [-0.39, 0.29) is 24.0 Å². The lowest BCUT2D eigenvalue weighted by Gasteiger charge is -2.21. The van der Waals surface area contributed by atoms with Gasteiger partial charge in [0.05, 0.1) is 0 Å². The zero-order valence-corrected chi connectivity index (χ0v) is 13.6. The average molecular weight is 318 g/mol. The molecule has 0 aliphatic carbocycles. The highest BCUT2D eigenvalue weighted by Crippen LogP contribution is 2.41. The lowest BCUT2D eigenvalue weighted by atomic mass is 10.0. The monoisotopic (exact) mass is 318 g/mol. The summed E-state index contributed by atoms with van der Waals surface area (Å²) in [5, 5.41) is 2.75. The van der Waals surface area contributed by atoms with Crippen LogP contribution in [0, 0.1) is 0 Å². The van der Waals surface area contributed by atoms with Crippen molar-refractivity contribution >= 4 is 11.8 Å². The van der Waals surface area contributed by atoms with Crippen LogP contribution in [-0.4, -0.2) is 48.6 Å². The Morgan fingerprint density at radius 2 is 2.22 bits per heavy atom.